The summed E-state index contributed by atoms with van der Waals surface area (Å²) in [5.74, 6) is -0.522. The van der Waals surface area contributed by atoms with Crippen LogP contribution >= 0.6 is 11.3 Å². The third kappa shape index (κ3) is 6.14. The third-order valence-electron chi connectivity index (χ3n) is 2.35. The molecule has 0 aliphatic heterocycles. The van der Waals surface area contributed by atoms with E-state index in [0.29, 0.717) is 18.1 Å². The Labute approximate surface area is 109 Å². The lowest BCUT2D eigenvalue weighted by Crippen LogP contribution is -2.30. The fourth-order valence-corrected chi connectivity index (χ4v) is 1.76. The minimum Gasteiger partial charge on any atom is -0.481 e. The van der Waals surface area contributed by atoms with Gasteiger partial charge in [0.05, 0.1) is 0 Å². The summed E-state index contributed by atoms with van der Waals surface area (Å²) in [4.78, 5) is 21.8. The number of carboxylic acid groups (broad SMARTS) is 1. The van der Waals surface area contributed by atoms with Crippen LogP contribution in [0.15, 0.2) is 5.51 Å². The average molecular weight is 272 g/mol. The molecule has 0 aromatic carbocycles. The maximum Gasteiger partial charge on any atom is 0.321 e. The molecular formula is C10H16N4O3S. The molecule has 1 aromatic rings. The molecule has 100 valence electrons. The molecule has 8 heteroatoms. The number of nitrogens with zero attached hydrogens (tertiary/aromatic N) is 2. The second-order valence-electron chi connectivity index (χ2n) is 3.95. The Bertz CT molecular complexity index is 382. The van der Waals surface area contributed by atoms with Gasteiger partial charge in [0.25, 0.3) is 0 Å². The highest BCUT2D eigenvalue weighted by molar-refractivity contribution is 7.13. The largest absolute Gasteiger partial charge is 0.481 e. The highest BCUT2D eigenvalue weighted by Crippen LogP contribution is 2.10. The predicted molar refractivity (Wildman–Crippen MR) is 67.6 cm³/mol. The number of carbonyl (C=O) groups excluding carboxylic acids is 1. The summed E-state index contributed by atoms with van der Waals surface area (Å²) in [7, 11) is 0. The molecule has 0 radical (unpaired) electrons. The molecule has 1 rings (SSSR count). The summed E-state index contributed by atoms with van der Waals surface area (Å²) >= 11 is 1.24. The number of hydrogen-bond acceptors (Lipinski definition) is 5. The zero-order valence-electron chi connectivity index (χ0n) is 10.0. The molecule has 0 bridgehead atoms. The van der Waals surface area contributed by atoms with Crippen molar-refractivity contribution in [3.8, 4) is 0 Å². The molecule has 1 unspecified atom stereocenters. The van der Waals surface area contributed by atoms with Crippen molar-refractivity contribution in [2.45, 2.75) is 26.2 Å². The minimum atomic E-state index is -0.788. The molecule has 1 aromatic heterocycles. The zero-order chi connectivity index (χ0) is 13.4. The second kappa shape index (κ2) is 7.59. The summed E-state index contributed by atoms with van der Waals surface area (Å²) in [6, 6.07) is -0.322. The number of anilines is 1. The summed E-state index contributed by atoms with van der Waals surface area (Å²) in [5, 5.41) is 21.5. The number of urea groups is 1. The van der Waals surface area contributed by atoms with E-state index in [1.54, 1.807) is 0 Å². The van der Waals surface area contributed by atoms with Crippen LogP contribution in [0.4, 0.5) is 9.93 Å². The predicted octanol–water partition coefficient (Wildman–Crippen LogP) is 1.55. The van der Waals surface area contributed by atoms with Crippen molar-refractivity contribution >= 4 is 28.5 Å². The van der Waals surface area contributed by atoms with Gasteiger partial charge in [0.1, 0.15) is 5.51 Å². The molecule has 0 fully saturated rings. The smallest absolute Gasteiger partial charge is 0.321 e. The highest BCUT2D eigenvalue weighted by Gasteiger charge is 2.07. The van der Waals surface area contributed by atoms with E-state index in [4.69, 9.17) is 5.11 Å². The van der Waals surface area contributed by atoms with Crippen molar-refractivity contribution in [3.05, 3.63) is 5.51 Å². The van der Waals surface area contributed by atoms with E-state index in [9.17, 15) is 9.59 Å². The first-order valence-corrected chi connectivity index (χ1v) is 6.48. The lowest BCUT2D eigenvalue weighted by atomic mass is 10.0. The fourth-order valence-electron chi connectivity index (χ4n) is 1.32. The van der Waals surface area contributed by atoms with E-state index in [0.717, 1.165) is 6.42 Å². The Morgan fingerprint density at radius 3 is 2.89 bits per heavy atom. The number of aliphatic carboxylic acids is 1. The van der Waals surface area contributed by atoms with Gasteiger partial charge in [0, 0.05) is 13.0 Å². The van der Waals surface area contributed by atoms with Gasteiger partial charge < -0.3 is 10.4 Å². The van der Waals surface area contributed by atoms with Gasteiger partial charge in [0.2, 0.25) is 5.13 Å². The van der Waals surface area contributed by atoms with Gasteiger partial charge in [0.15, 0.2) is 0 Å². The van der Waals surface area contributed by atoms with E-state index in [-0.39, 0.29) is 18.4 Å². The standard InChI is InChI=1S/C10H16N4O3S/c1-7(2-3-8(15)16)4-5-11-9(17)13-10-14-12-6-18-10/h6-7H,2-5H2,1H3,(H,15,16)(H2,11,13,14,17). The van der Waals surface area contributed by atoms with Crippen LogP contribution < -0.4 is 10.6 Å². The molecule has 7 nitrogen and oxygen atoms in total. The van der Waals surface area contributed by atoms with E-state index in [2.05, 4.69) is 20.8 Å². The van der Waals surface area contributed by atoms with Gasteiger partial charge >= 0.3 is 12.0 Å². The van der Waals surface area contributed by atoms with Crippen LogP contribution in [-0.2, 0) is 4.79 Å². The molecule has 0 saturated carbocycles. The number of nitrogens with one attached hydrogen (secondary N) is 2. The van der Waals surface area contributed by atoms with Gasteiger partial charge in [-0.1, -0.05) is 18.3 Å². The van der Waals surface area contributed by atoms with Crippen LogP contribution in [0.2, 0.25) is 0 Å². The van der Waals surface area contributed by atoms with Crippen molar-refractivity contribution in [3.63, 3.8) is 0 Å². The molecule has 2 amide bonds. The second-order valence-corrected chi connectivity index (χ2v) is 4.78. The lowest BCUT2D eigenvalue weighted by Gasteiger charge is -2.10. The van der Waals surface area contributed by atoms with E-state index in [1.807, 2.05) is 6.92 Å². The van der Waals surface area contributed by atoms with Crippen LogP contribution in [0.25, 0.3) is 0 Å². The Hall–Kier alpha value is -1.70. The highest BCUT2D eigenvalue weighted by atomic mass is 32.1. The normalized spacial score (nSPS) is 11.8. The number of amides is 2. The molecular weight excluding hydrogens is 256 g/mol. The van der Waals surface area contributed by atoms with Crippen LogP contribution in [0.5, 0.6) is 0 Å². The maximum atomic E-state index is 11.4. The quantitative estimate of drug-likeness (QED) is 0.698. The van der Waals surface area contributed by atoms with E-state index in [1.165, 1.54) is 16.8 Å². The topological polar surface area (TPSA) is 104 Å². The van der Waals surface area contributed by atoms with Crippen molar-refractivity contribution in [1.82, 2.24) is 15.5 Å². The van der Waals surface area contributed by atoms with Crippen molar-refractivity contribution in [1.29, 1.82) is 0 Å². The van der Waals surface area contributed by atoms with Gasteiger partial charge in [-0.2, -0.15) is 0 Å². The van der Waals surface area contributed by atoms with Gasteiger partial charge in [-0.3, -0.25) is 10.1 Å². The minimum absolute atomic E-state index is 0.165. The Balaban J connectivity index is 2.09. The molecule has 3 N–H and O–H groups in total. The molecule has 0 spiro atoms. The van der Waals surface area contributed by atoms with Crippen molar-refractivity contribution in [2.24, 2.45) is 5.92 Å². The summed E-state index contributed by atoms with van der Waals surface area (Å²) < 4.78 is 0. The Kier molecular flexibility index (Phi) is 6.06. The first-order valence-electron chi connectivity index (χ1n) is 5.60. The molecule has 1 heterocycles. The first kappa shape index (κ1) is 14.4. The van der Waals surface area contributed by atoms with E-state index >= 15 is 0 Å². The van der Waals surface area contributed by atoms with Crippen LogP contribution in [-0.4, -0.2) is 33.8 Å². The number of hydrogen-bond donors (Lipinski definition) is 3. The fraction of sp³-hybridized carbons (Fsp3) is 0.600. The molecule has 0 aliphatic rings. The Morgan fingerprint density at radius 2 is 2.28 bits per heavy atom. The number of aromatic nitrogens is 2. The molecule has 0 saturated heterocycles. The van der Waals surface area contributed by atoms with Gasteiger partial charge in [-0.15, -0.1) is 10.2 Å². The van der Waals surface area contributed by atoms with Crippen molar-refractivity contribution < 1.29 is 14.7 Å². The maximum absolute atomic E-state index is 11.4. The summed E-state index contributed by atoms with van der Waals surface area (Å²) in [6.07, 6.45) is 1.53. The van der Waals surface area contributed by atoms with Crippen LogP contribution in [0.1, 0.15) is 26.2 Å². The number of rotatable bonds is 7. The first-order chi connectivity index (χ1) is 8.58. The van der Waals surface area contributed by atoms with Crippen LogP contribution in [0.3, 0.4) is 0 Å². The number of carbonyl (C=O) groups is 2. The third-order valence-corrected chi connectivity index (χ3v) is 2.96. The van der Waals surface area contributed by atoms with Crippen molar-refractivity contribution in [2.75, 3.05) is 11.9 Å². The van der Waals surface area contributed by atoms with Gasteiger partial charge in [-0.05, 0) is 18.8 Å². The number of carboxylic acids is 1. The average Bonchev–Trinajstić information content (AvgIpc) is 2.79. The zero-order valence-corrected chi connectivity index (χ0v) is 10.9. The monoisotopic (exact) mass is 272 g/mol. The summed E-state index contributed by atoms with van der Waals surface area (Å²) in [5.41, 5.74) is 1.53. The molecule has 0 aliphatic carbocycles. The van der Waals surface area contributed by atoms with E-state index < -0.39 is 5.97 Å². The Morgan fingerprint density at radius 1 is 1.50 bits per heavy atom. The lowest BCUT2D eigenvalue weighted by molar-refractivity contribution is -0.137. The summed E-state index contributed by atoms with van der Waals surface area (Å²) in [6.45, 7) is 2.47. The van der Waals surface area contributed by atoms with Gasteiger partial charge in [-0.25, -0.2) is 4.79 Å². The molecule has 18 heavy (non-hydrogen) atoms. The SMILES string of the molecule is CC(CCNC(=O)Nc1nncs1)CCC(=O)O. The molecule has 1 atom stereocenters. The van der Waals surface area contributed by atoms with Crippen LogP contribution in [0, 0.1) is 5.92 Å².